The first-order valence-corrected chi connectivity index (χ1v) is 20.2. The summed E-state index contributed by atoms with van der Waals surface area (Å²) in [5.74, 6) is 1.67. The van der Waals surface area contributed by atoms with Gasteiger partial charge in [-0.2, -0.15) is 0 Å². The number of rotatable bonds is 7. The van der Waals surface area contributed by atoms with Gasteiger partial charge in [0.2, 0.25) is 0 Å². The Labute approximate surface area is 304 Å². The number of aliphatic hydroxyl groups excluding tert-OH is 1. The summed E-state index contributed by atoms with van der Waals surface area (Å²) in [4.78, 5) is 11.6. The van der Waals surface area contributed by atoms with Gasteiger partial charge in [-0.05, 0) is 117 Å². The highest BCUT2D eigenvalue weighted by Gasteiger charge is 2.85. The third-order valence-electron chi connectivity index (χ3n) is 17.1. The van der Waals surface area contributed by atoms with Crippen molar-refractivity contribution in [3.63, 3.8) is 0 Å². The highest BCUT2D eigenvalue weighted by atomic mass is 16.7. The van der Waals surface area contributed by atoms with E-state index in [1.165, 1.54) is 32.1 Å². The minimum atomic E-state index is -1.26. The normalized spacial score (nSPS) is 49.7. The van der Waals surface area contributed by atoms with Crippen molar-refractivity contribution in [3.05, 3.63) is 18.5 Å². The van der Waals surface area contributed by atoms with Crippen LogP contribution in [0.3, 0.4) is 0 Å². The lowest BCUT2D eigenvalue weighted by atomic mass is 9.41. The number of nitrogens with zero attached hydrogens (tertiary/aromatic N) is 3. The van der Waals surface area contributed by atoms with Crippen LogP contribution in [0, 0.1) is 50.7 Å². The lowest BCUT2D eigenvalue weighted by molar-refractivity contribution is -0.256. The van der Waals surface area contributed by atoms with Crippen LogP contribution in [-0.2, 0) is 18.9 Å². The van der Waals surface area contributed by atoms with Crippen molar-refractivity contribution >= 4 is 0 Å². The van der Waals surface area contributed by atoms with Gasteiger partial charge in [-0.15, -0.1) is 0 Å². The van der Waals surface area contributed by atoms with Crippen molar-refractivity contribution in [2.75, 3.05) is 32.9 Å². The molecule has 0 amide bonds. The minimum Gasteiger partial charge on any atom is -0.457 e. The average Bonchev–Trinajstić information content (AvgIpc) is 3.68. The molecule has 14 atom stereocenters. The van der Waals surface area contributed by atoms with Crippen LogP contribution in [-0.4, -0.2) is 106 Å². The molecular formula is C41H63N3O7. The van der Waals surface area contributed by atoms with Gasteiger partial charge in [-0.1, -0.05) is 34.6 Å². The standard InChI is InChI=1S/C41H63N3O7/c1-24-19-26(33(45)37(4,5)46)49-32-31(24)38(6)13-14-41-23-40(41)12-11-29(50-30-20-44(17-18-48-30)25-21-47-22-25)36(2,3)27(40)9-10-28(41)39(38,7)34(32)51-35-42-15-8-16-43-35/h8,15-16,24-34,45-46H,9-14,17-23H2,1-7H3/t24-,26?,27+,28?,29+,30+,31?,32?,33?,34+,38-,39-,40-,41+/m1/s1. The van der Waals surface area contributed by atoms with Gasteiger partial charge in [0.05, 0.1) is 56.3 Å². The molecule has 4 heterocycles. The Morgan fingerprint density at radius 2 is 1.73 bits per heavy atom. The molecule has 0 bridgehead atoms. The lowest BCUT2D eigenvalue weighted by Crippen LogP contribution is -2.61. The predicted octanol–water partition coefficient (Wildman–Crippen LogP) is 5.25. The third kappa shape index (κ3) is 4.91. The quantitative estimate of drug-likeness (QED) is 0.389. The van der Waals surface area contributed by atoms with Crippen molar-refractivity contribution in [2.24, 2.45) is 50.7 Å². The number of fused-ring (bicyclic) bond motifs is 4. The number of aromatic nitrogens is 2. The zero-order chi connectivity index (χ0) is 35.8. The number of aliphatic hydroxyl groups is 2. The SMILES string of the molecule is C[C@@H]1CC(C(O)C(C)(C)O)OC2C1[C@@]1(C)CC[C@@]34C[C@@]35CC[C@H](O[C@H]3CN(C6COC6)CCO3)C(C)(C)[C@@H]5CCC4[C@]1(C)[C@H]2Oc1ncccn1. The molecule has 284 valence electrons. The summed E-state index contributed by atoms with van der Waals surface area (Å²) in [6, 6.07) is 2.74. The molecule has 8 aliphatic rings. The molecule has 2 spiro atoms. The average molecular weight is 710 g/mol. The van der Waals surface area contributed by atoms with Gasteiger partial charge in [0.25, 0.3) is 0 Å². The molecule has 2 N–H and O–H groups in total. The molecule has 10 nitrogen and oxygen atoms in total. The van der Waals surface area contributed by atoms with E-state index in [0.717, 1.165) is 52.2 Å². The maximum atomic E-state index is 11.3. The zero-order valence-corrected chi connectivity index (χ0v) is 32.1. The van der Waals surface area contributed by atoms with Crippen LogP contribution in [0.4, 0.5) is 0 Å². The molecule has 0 aromatic carbocycles. The van der Waals surface area contributed by atoms with E-state index in [1.807, 2.05) is 6.07 Å². The topological polar surface area (TPSA) is 116 Å². The van der Waals surface area contributed by atoms with Crippen LogP contribution in [0.5, 0.6) is 6.01 Å². The Morgan fingerprint density at radius 3 is 2.43 bits per heavy atom. The van der Waals surface area contributed by atoms with Crippen molar-refractivity contribution in [3.8, 4) is 6.01 Å². The van der Waals surface area contributed by atoms with E-state index in [4.69, 9.17) is 23.7 Å². The number of ether oxygens (including phenoxy) is 5. The van der Waals surface area contributed by atoms with Gasteiger partial charge >= 0.3 is 6.01 Å². The third-order valence-corrected chi connectivity index (χ3v) is 17.1. The van der Waals surface area contributed by atoms with Gasteiger partial charge in [0.15, 0.2) is 6.29 Å². The molecular weight excluding hydrogens is 646 g/mol. The van der Waals surface area contributed by atoms with Crippen LogP contribution >= 0.6 is 0 Å². The maximum absolute atomic E-state index is 11.3. The molecule has 1 aromatic heterocycles. The van der Waals surface area contributed by atoms with Crippen LogP contribution < -0.4 is 4.74 Å². The molecule has 5 aliphatic carbocycles. The lowest BCUT2D eigenvalue weighted by Gasteiger charge is -2.64. The Bertz CT molecular complexity index is 1470. The van der Waals surface area contributed by atoms with Crippen LogP contribution in [0.2, 0.25) is 0 Å². The predicted molar refractivity (Wildman–Crippen MR) is 190 cm³/mol. The van der Waals surface area contributed by atoms with Crippen molar-refractivity contribution in [1.82, 2.24) is 14.9 Å². The van der Waals surface area contributed by atoms with E-state index >= 15 is 0 Å². The first-order valence-electron chi connectivity index (χ1n) is 20.2. The van der Waals surface area contributed by atoms with Gasteiger partial charge in [0.1, 0.15) is 12.2 Å². The van der Waals surface area contributed by atoms with Crippen molar-refractivity contribution in [2.45, 2.75) is 148 Å². The molecule has 3 saturated heterocycles. The maximum Gasteiger partial charge on any atom is 0.316 e. The molecule has 9 rings (SSSR count). The molecule has 5 unspecified atom stereocenters. The van der Waals surface area contributed by atoms with Crippen LogP contribution in [0.1, 0.15) is 99.8 Å². The van der Waals surface area contributed by atoms with Crippen molar-refractivity contribution in [1.29, 1.82) is 0 Å². The van der Waals surface area contributed by atoms with E-state index in [2.05, 4.69) is 49.5 Å². The second-order valence-electron chi connectivity index (χ2n) is 19.9. The Balaban J connectivity index is 1.02. The summed E-state index contributed by atoms with van der Waals surface area (Å²) in [5.41, 5.74) is -0.814. The summed E-state index contributed by atoms with van der Waals surface area (Å²) in [6.07, 6.45) is 10.7. The first kappa shape index (κ1) is 35.3. The first-order chi connectivity index (χ1) is 24.2. The number of hydrogen-bond donors (Lipinski definition) is 2. The smallest absolute Gasteiger partial charge is 0.316 e. The van der Waals surface area contributed by atoms with E-state index in [9.17, 15) is 10.2 Å². The van der Waals surface area contributed by atoms with Gasteiger partial charge in [-0.3, -0.25) is 4.90 Å². The van der Waals surface area contributed by atoms with E-state index < -0.39 is 17.8 Å². The van der Waals surface area contributed by atoms with Crippen LogP contribution in [0.25, 0.3) is 0 Å². The molecule has 3 aliphatic heterocycles. The minimum absolute atomic E-state index is 0.0147. The second-order valence-corrected chi connectivity index (χ2v) is 19.9. The van der Waals surface area contributed by atoms with Gasteiger partial charge < -0.3 is 33.9 Å². The fourth-order valence-electron chi connectivity index (χ4n) is 14.5. The fraction of sp³-hybridized carbons (Fsp3) is 0.902. The van der Waals surface area contributed by atoms with Crippen molar-refractivity contribution < 1.29 is 33.9 Å². The molecule has 8 fully saturated rings. The summed E-state index contributed by atoms with van der Waals surface area (Å²) in [6.45, 7) is 19.9. The fourth-order valence-corrected chi connectivity index (χ4v) is 14.5. The Kier molecular flexibility index (Phi) is 8.17. The van der Waals surface area contributed by atoms with Gasteiger partial charge in [0, 0.05) is 24.4 Å². The highest BCUT2D eigenvalue weighted by Crippen LogP contribution is 2.89. The summed E-state index contributed by atoms with van der Waals surface area (Å²) in [5, 5.41) is 22.2. The van der Waals surface area contributed by atoms with E-state index in [0.29, 0.717) is 35.2 Å². The summed E-state index contributed by atoms with van der Waals surface area (Å²) < 4.78 is 32.8. The second kappa shape index (κ2) is 11.8. The summed E-state index contributed by atoms with van der Waals surface area (Å²) in [7, 11) is 0. The molecule has 5 saturated carbocycles. The Hall–Kier alpha value is -1.40. The number of hydrogen-bond acceptors (Lipinski definition) is 10. The molecule has 51 heavy (non-hydrogen) atoms. The molecule has 10 heteroatoms. The van der Waals surface area contributed by atoms with E-state index in [1.54, 1.807) is 26.2 Å². The van der Waals surface area contributed by atoms with Gasteiger partial charge in [-0.25, -0.2) is 9.97 Å². The van der Waals surface area contributed by atoms with Crippen LogP contribution in [0.15, 0.2) is 18.5 Å². The van der Waals surface area contributed by atoms with E-state index in [-0.39, 0.29) is 52.2 Å². The summed E-state index contributed by atoms with van der Waals surface area (Å²) >= 11 is 0. The molecule has 0 radical (unpaired) electrons. The molecule has 1 aromatic rings. The highest BCUT2D eigenvalue weighted by molar-refractivity contribution is 5.33. The number of morpholine rings is 1. The zero-order valence-electron chi connectivity index (χ0n) is 32.1. The largest absolute Gasteiger partial charge is 0.457 e. The Morgan fingerprint density at radius 1 is 1.00 bits per heavy atom. The monoisotopic (exact) mass is 709 g/mol.